The molecule has 0 aliphatic heterocycles. The number of aliphatic hydroxyl groups excluding tert-OH is 1. The average molecular weight is 539 g/mol. The Morgan fingerprint density at radius 3 is 2.22 bits per heavy atom. The number of carbonyl (C=O) groups is 1. The predicted octanol–water partition coefficient (Wildman–Crippen LogP) is 5.66. The van der Waals surface area contributed by atoms with Gasteiger partial charge in [0.05, 0.1) is 11.3 Å². The number of benzene rings is 2. The van der Waals surface area contributed by atoms with E-state index in [0.29, 0.717) is 0 Å². The van der Waals surface area contributed by atoms with E-state index < -0.39 is 0 Å². The first-order valence-electron chi connectivity index (χ1n) is 8.51. The van der Waals surface area contributed by atoms with Crippen molar-refractivity contribution >= 4 is 16.7 Å². The SMILES string of the molecule is CC(=O)/C=C(/C)O.Cc1[c-]c(-c2ccc3ccc(C)cc3n2)cc(C)c1.[Ir]. The van der Waals surface area contributed by atoms with Crippen molar-refractivity contribution in [2.75, 3.05) is 0 Å². The normalized spacial score (nSPS) is 10.6. The maximum atomic E-state index is 10.0. The summed E-state index contributed by atoms with van der Waals surface area (Å²) in [4.78, 5) is 14.8. The van der Waals surface area contributed by atoms with E-state index in [1.807, 2.05) is 0 Å². The van der Waals surface area contributed by atoms with E-state index in [-0.39, 0.29) is 31.6 Å². The number of pyridine rings is 1. The molecule has 1 N–H and O–H groups in total. The van der Waals surface area contributed by atoms with Crippen LogP contribution in [-0.2, 0) is 24.9 Å². The van der Waals surface area contributed by atoms with Crippen LogP contribution in [0.3, 0.4) is 0 Å². The van der Waals surface area contributed by atoms with Crippen molar-refractivity contribution in [2.45, 2.75) is 34.6 Å². The molecular formula is C23H24IrNO2-. The fourth-order valence-electron chi connectivity index (χ4n) is 2.70. The molecule has 2 aromatic carbocycles. The smallest absolute Gasteiger partial charge is 0.155 e. The van der Waals surface area contributed by atoms with Gasteiger partial charge < -0.3 is 5.11 Å². The molecule has 0 fully saturated rings. The Morgan fingerprint density at radius 2 is 1.67 bits per heavy atom. The zero-order valence-electron chi connectivity index (χ0n) is 16.3. The fourth-order valence-corrected chi connectivity index (χ4v) is 2.70. The van der Waals surface area contributed by atoms with Gasteiger partial charge in [0.25, 0.3) is 0 Å². The second kappa shape index (κ2) is 10.1. The third-order valence-corrected chi connectivity index (χ3v) is 3.68. The van der Waals surface area contributed by atoms with Crippen molar-refractivity contribution in [1.82, 2.24) is 4.98 Å². The Balaban J connectivity index is 0.000000395. The van der Waals surface area contributed by atoms with E-state index in [9.17, 15) is 4.79 Å². The maximum absolute atomic E-state index is 10.0. The van der Waals surface area contributed by atoms with Crippen molar-refractivity contribution in [1.29, 1.82) is 0 Å². The number of rotatable bonds is 2. The van der Waals surface area contributed by atoms with Crippen LogP contribution in [0.4, 0.5) is 0 Å². The quantitative estimate of drug-likeness (QED) is 0.260. The molecule has 143 valence electrons. The Hall–Kier alpha value is -2.29. The van der Waals surface area contributed by atoms with Crippen LogP contribution in [0.2, 0.25) is 0 Å². The number of ketones is 1. The monoisotopic (exact) mass is 539 g/mol. The molecule has 4 heteroatoms. The minimum atomic E-state index is -0.125. The van der Waals surface area contributed by atoms with E-state index in [2.05, 4.69) is 69.3 Å². The summed E-state index contributed by atoms with van der Waals surface area (Å²) in [7, 11) is 0. The van der Waals surface area contributed by atoms with Gasteiger partial charge in [-0.1, -0.05) is 38.1 Å². The molecule has 0 amide bonds. The van der Waals surface area contributed by atoms with E-state index in [0.717, 1.165) is 22.3 Å². The summed E-state index contributed by atoms with van der Waals surface area (Å²) in [5.74, 6) is -0.0625. The average Bonchev–Trinajstić information content (AvgIpc) is 2.52. The molecule has 0 saturated carbocycles. The molecule has 3 aromatic rings. The van der Waals surface area contributed by atoms with Crippen molar-refractivity contribution in [3.8, 4) is 11.3 Å². The number of hydrogen-bond acceptors (Lipinski definition) is 3. The van der Waals surface area contributed by atoms with Crippen LogP contribution in [0.25, 0.3) is 22.2 Å². The Kier molecular flexibility index (Phi) is 8.55. The van der Waals surface area contributed by atoms with Crippen LogP contribution >= 0.6 is 0 Å². The summed E-state index contributed by atoms with van der Waals surface area (Å²) < 4.78 is 0. The fraction of sp³-hybridized carbons (Fsp3) is 0.217. The van der Waals surface area contributed by atoms with E-state index in [4.69, 9.17) is 10.1 Å². The van der Waals surface area contributed by atoms with Gasteiger partial charge in [0.15, 0.2) is 5.78 Å². The summed E-state index contributed by atoms with van der Waals surface area (Å²) in [5, 5.41) is 9.54. The number of aryl methyl sites for hydroxylation is 3. The number of hydrogen-bond donors (Lipinski definition) is 1. The molecule has 0 atom stereocenters. The zero-order chi connectivity index (χ0) is 19.3. The Bertz CT molecular complexity index is 953. The minimum Gasteiger partial charge on any atom is -0.512 e. The van der Waals surface area contributed by atoms with Gasteiger partial charge in [-0.2, -0.15) is 0 Å². The van der Waals surface area contributed by atoms with E-state index in [1.165, 1.54) is 36.4 Å². The van der Waals surface area contributed by atoms with Crippen molar-refractivity contribution in [2.24, 2.45) is 0 Å². The molecule has 27 heavy (non-hydrogen) atoms. The van der Waals surface area contributed by atoms with Crippen LogP contribution in [-0.4, -0.2) is 15.9 Å². The van der Waals surface area contributed by atoms with Crippen LogP contribution < -0.4 is 0 Å². The second-order valence-corrected chi connectivity index (χ2v) is 6.54. The molecule has 3 nitrogen and oxygen atoms in total. The minimum absolute atomic E-state index is 0. The van der Waals surface area contributed by atoms with Gasteiger partial charge in [-0.05, 0) is 43.5 Å². The molecular weight excluding hydrogens is 514 g/mol. The van der Waals surface area contributed by atoms with Gasteiger partial charge in [0.2, 0.25) is 0 Å². The molecule has 1 radical (unpaired) electrons. The van der Waals surface area contributed by atoms with Crippen molar-refractivity contribution in [3.05, 3.63) is 77.1 Å². The summed E-state index contributed by atoms with van der Waals surface area (Å²) >= 11 is 0. The third kappa shape index (κ3) is 7.09. The molecule has 1 aromatic heterocycles. The standard InChI is InChI=1S/C18H16N.C5H8O2.Ir/c1-12-4-5-15-6-7-17(19-18(15)11-12)16-9-13(2)8-14(3)10-16;1-4(6)3-5(2)7;/h4-9,11H,1-3H3;3,6H,1-2H3;/q-1;;/b;4-3-;. The van der Waals surface area contributed by atoms with Gasteiger partial charge >= 0.3 is 0 Å². The van der Waals surface area contributed by atoms with E-state index in [1.54, 1.807) is 0 Å². The summed E-state index contributed by atoms with van der Waals surface area (Å²) in [6.45, 7) is 9.12. The molecule has 0 bridgehead atoms. The van der Waals surface area contributed by atoms with Crippen LogP contribution in [0.5, 0.6) is 0 Å². The third-order valence-electron chi connectivity index (χ3n) is 3.68. The molecule has 0 saturated heterocycles. The molecule has 0 unspecified atom stereocenters. The van der Waals surface area contributed by atoms with Gasteiger partial charge in [-0.15, -0.1) is 34.9 Å². The van der Waals surface area contributed by atoms with Gasteiger partial charge in [-0.3, -0.25) is 9.78 Å². The number of nitrogens with zero attached hydrogens (tertiary/aromatic N) is 1. The van der Waals surface area contributed by atoms with Crippen molar-refractivity contribution < 1.29 is 30.0 Å². The van der Waals surface area contributed by atoms with Crippen molar-refractivity contribution in [3.63, 3.8) is 0 Å². The topological polar surface area (TPSA) is 50.2 Å². The number of aliphatic hydroxyl groups is 1. The first-order chi connectivity index (χ1) is 12.2. The summed E-state index contributed by atoms with van der Waals surface area (Å²) in [6, 6.07) is 18.2. The Labute approximate surface area is 174 Å². The molecule has 0 aliphatic carbocycles. The van der Waals surface area contributed by atoms with Crippen LogP contribution in [0.1, 0.15) is 30.5 Å². The van der Waals surface area contributed by atoms with Gasteiger partial charge in [-0.25, -0.2) is 0 Å². The molecule has 0 aliphatic rings. The molecule has 1 heterocycles. The van der Waals surface area contributed by atoms with Gasteiger partial charge in [0.1, 0.15) is 0 Å². The first-order valence-corrected chi connectivity index (χ1v) is 8.51. The maximum Gasteiger partial charge on any atom is 0.155 e. The van der Waals surface area contributed by atoms with Crippen LogP contribution in [0, 0.1) is 26.8 Å². The largest absolute Gasteiger partial charge is 0.512 e. The van der Waals surface area contributed by atoms with Crippen LogP contribution in [0.15, 0.2) is 54.3 Å². The zero-order valence-corrected chi connectivity index (χ0v) is 18.6. The Morgan fingerprint density at radius 1 is 1.00 bits per heavy atom. The number of fused-ring (bicyclic) bond motifs is 1. The first kappa shape index (κ1) is 22.7. The van der Waals surface area contributed by atoms with E-state index >= 15 is 0 Å². The number of allylic oxidation sites excluding steroid dienone is 2. The molecule has 0 spiro atoms. The number of aromatic nitrogens is 1. The second-order valence-electron chi connectivity index (χ2n) is 6.54. The number of carbonyl (C=O) groups excluding carboxylic acids is 1. The summed E-state index contributed by atoms with van der Waals surface area (Å²) in [5.41, 5.74) is 6.75. The summed E-state index contributed by atoms with van der Waals surface area (Å²) in [6.07, 6.45) is 1.17. The van der Waals surface area contributed by atoms with Gasteiger partial charge in [0, 0.05) is 26.2 Å². The predicted molar refractivity (Wildman–Crippen MR) is 107 cm³/mol. The molecule has 3 rings (SSSR count).